The standard InChI is InChI=1S/C23H20O3S/c1-14-4-8-18-16(12-14)6-10-20(26-3)22(18)23-19-9-5-15(2)13-17(19)7-11-21(23)27(24)25/h4-13H,1-3H3,(H,24,25). The molecule has 4 heteroatoms. The summed E-state index contributed by atoms with van der Waals surface area (Å²) in [4.78, 5) is 0.387. The molecular weight excluding hydrogens is 356 g/mol. The average molecular weight is 376 g/mol. The SMILES string of the molecule is COc1ccc2cc(C)ccc2c1-c1c(S(=O)O)ccc2cc(C)ccc12. The number of fused-ring (bicyclic) bond motifs is 2. The van der Waals surface area contributed by atoms with Gasteiger partial charge in [-0.1, -0.05) is 59.7 Å². The molecule has 0 aliphatic rings. The van der Waals surface area contributed by atoms with Gasteiger partial charge < -0.3 is 9.29 Å². The van der Waals surface area contributed by atoms with Crippen LogP contribution < -0.4 is 4.74 Å². The lowest BCUT2D eigenvalue weighted by Crippen LogP contribution is -1.98. The molecule has 0 saturated heterocycles. The van der Waals surface area contributed by atoms with Gasteiger partial charge >= 0.3 is 0 Å². The molecule has 0 aliphatic carbocycles. The van der Waals surface area contributed by atoms with E-state index >= 15 is 0 Å². The van der Waals surface area contributed by atoms with Crippen LogP contribution in [-0.2, 0) is 11.1 Å². The quantitative estimate of drug-likeness (QED) is 0.455. The van der Waals surface area contributed by atoms with Gasteiger partial charge in [-0.25, -0.2) is 4.21 Å². The Hall–Kier alpha value is -2.69. The van der Waals surface area contributed by atoms with E-state index in [0.29, 0.717) is 10.6 Å². The van der Waals surface area contributed by atoms with Gasteiger partial charge in [0.05, 0.1) is 12.0 Å². The van der Waals surface area contributed by atoms with E-state index in [1.807, 2.05) is 37.3 Å². The van der Waals surface area contributed by atoms with E-state index in [-0.39, 0.29) is 0 Å². The van der Waals surface area contributed by atoms with Gasteiger partial charge in [-0.2, -0.15) is 0 Å². The van der Waals surface area contributed by atoms with Crippen LogP contribution in [0.4, 0.5) is 0 Å². The summed E-state index contributed by atoms with van der Waals surface area (Å²) in [6.45, 7) is 4.09. The van der Waals surface area contributed by atoms with Gasteiger partial charge in [0.2, 0.25) is 0 Å². The van der Waals surface area contributed by atoms with Crippen LogP contribution in [0.15, 0.2) is 65.6 Å². The fraction of sp³-hybridized carbons (Fsp3) is 0.130. The van der Waals surface area contributed by atoms with Crippen LogP contribution in [0, 0.1) is 13.8 Å². The van der Waals surface area contributed by atoms with E-state index in [4.69, 9.17) is 4.74 Å². The molecule has 27 heavy (non-hydrogen) atoms. The molecule has 0 spiro atoms. The van der Waals surface area contributed by atoms with Crippen molar-refractivity contribution in [1.29, 1.82) is 0 Å². The Morgan fingerprint density at radius 2 is 1.33 bits per heavy atom. The van der Waals surface area contributed by atoms with E-state index in [0.717, 1.165) is 43.8 Å². The normalized spacial score (nSPS) is 12.4. The molecule has 0 bridgehead atoms. The maximum Gasteiger partial charge on any atom is 0.187 e. The summed E-state index contributed by atoms with van der Waals surface area (Å²) in [6, 6.07) is 19.9. The first-order valence-electron chi connectivity index (χ1n) is 8.71. The molecule has 136 valence electrons. The number of aryl methyl sites for hydroxylation is 2. The zero-order chi connectivity index (χ0) is 19.1. The summed E-state index contributed by atoms with van der Waals surface area (Å²) in [6.07, 6.45) is 0. The summed E-state index contributed by atoms with van der Waals surface area (Å²) >= 11 is -2.12. The van der Waals surface area contributed by atoms with Crippen molar-refractivity contribution in [2.75, 3.05) is 7.11 Å². The van der Waals surface area contributed by atoms with Gasteiger partial charge in [0, 0.05) is 11.1 Å². The van der Waals surface area contributed by atoms with Gasteiger partial charge in [0.15, 0.2) is 11.1 Å². The van der Waals surface area contributed by atoms with Crippen LogP contribution in [-0.4, -0.2) is 15.9 Å². The van der Waals surface area contributed by atoms with E-state index in [9.17, 15) is 8.76 Å². The second-order valence-corrected chi connectivity index (χ2v) is 7.72. The minimum atomic E-state index is -2.12. The van der Waals surface area contributed by atoms with Crippen molar-refractivity contribution in [3.05, 3.63) is 71.8 Å². The predicted molar refractivity (Wildman–Crippen MR) is 112 cm³/mol. The van der Waals surface area contributed by atoms with E-state index in [1.54, 1.807) is 13.2 Å². The third kappa shape index (κ3) is 3.01. The van der Waals surface area contributed by atoms with Crippen LogP contribution >= 0.6 is 0 Å². The Morgan fingerprint density at radius 3 is 1.89 bits per heavy atom. The number of rotatable bonds is 3. The molecule has 4 rings (SSSR count). The summed E-state index contributed by atoms with van der Waals surface area (Å²) in [5.41, 5.74) is 3.91. The van der Waals surface area contributed by atoms with E-state index < -0.39 is 11.1 Å². The molecule has 1 atom stereocenters. The van der Waals surface area contributed by atoms with E-state index in [1.165, 1.54) is 0 Å². The highest BCUT2D eigenvalue weighted by Gasteiger charge is 2.20. The molecule has 4 aromatic rings. The van der Waals surface area contributed by atoms with Crippen LogP contribution in [0.5, 0.6) is 5.75 Å². The number of methoxy groups -OCH3 is 1. The molecule has 0 radical (unpaired) electrons. The fourth-order valence-electron chi connectivity index (χ4n) is 3.69. The highest BCUT2D eigenvalue weighted by atomic mass is 32.2. The third-order valence-electron chi connectivity index (χ3n) is 4.93. The number of benzene rings is 4. The summed E-state index contributed by atoms with van der Waals surface area (Å²) in [5.74, 6) is 0.686. The molecule has 4 aromatic carbocycles. The number of ether oxygens (including phenoxy) is 1. The van der Waals surface area contributed by atoms with Crippen molar-refractivity contribution in [1.82, 2.24) is 0 Å². The zero-order valence-corrected chi connectivity index (χ0v) is 16.3. The predicted octanol–water partition coefficient (Wildman–Crippen LogP) is 5.87. The fourth-order valence-corrected chi connectivity index (χ4v) is 4.26. The van der Waals surface area contributed by atoms with Gasteiger partial charge in [-0.05, 0) is 47.5 Å². The molecule has 0 amide bonds. The van der Waals surface area contributed by atoms with Gasteiger partial charge in [-0.15, -0.1) is 0 Å². The van der Waals surface area contributed by atoms with Crippen LogP contribution in [0.2, 0.25) is 0 Å². The maximum absolute atomic E-state index is 12.2. The molecule has 0 aromatic heterocycles. The minimum Gasteiger partial charge on any atom is -0.496 e. The smallest absolute Gasteiger partial charge is 0.187 e. The molecular formula is C23H20O3S. The first-order valence-corrected chi connectivity index (χ1v) is 9.82. The van der Waals surface area contributed by atoms with Gasteiger partial charge in [-0.3, -0.25) is 0 Å². The van der Waals surface area contributed by atoms with Crippen molar-refractivity contribution in [3.63, 3.8) is 0 Å². The van der Waals surface area contributed by atoms with Crippen molar-refractivity contribution in [2.45, 2.75) is 18.7 Å². The molecule has 0 heterocycles. The zero-order valence-electron chi connectivity index (χ0n) is 15.4. The summed E-state index contributed by atoms with van der Waals surface area (Å²) in [5, 5.41) is 4.04. The van der Waals surface area contributed by atoms with Crippen molar-refractivity contribution in [2.24, 2.45) is 0 Å². The van der Waals surface area contributed by atoms with Crippen LogP contribution in [0.1, 0.15) is 11.1 Å². The number of hydrogen-bond acceptors (Lipinski definition) is 2. The highest BCUT2D eigenvalue weighted by Crippen LogP contribution is 2.43. The van der Waals surface area contributed by atoms with Crippen LogP contribution in [0.3, 0.4) is 0 Å². The Balaban J connectivity index is 2.22. The largest absolute Gasteiger partial charge is 0.496 e. The van der Waals surface area contributed by atoms with Crippen LogP contribution in [0.25, 0.3) is 32.7 Å². The lowest BCUT2D eigenvalue weighted by atomic mass is 9.92. The minimum absolute atomic E-state index is 0.387. The molecule has 0 saturated carbocycles. The average Bonchev–Trinajstić information content (AvgIpc) is 2.65. The lowest BCUT2D eigenvalue weighted by Gasteiger charge is -2.17. The van der Waals surface area contributed by atoms with Gasteiger partial charge in [0.25, 0.3) is 0 Å². The molecule has 0 aliphatic heterocycles. The second kappa shape index (κ2) is 6.80. The molecule has 0 fully saturated rings. The highest BCUT2D eigenvalue weighted by molar-refractivity contribution is 7.79. The molecule has 1 unspecified atom stereocenters. The molecule has 1 N–H and O–H groups in total. The Morgan fingerprint density at radius 1 is 0.778 bits per heavy atom. The Kier molecular flexibility index (Phi) is 4.46. The Bertz CT molecular complexity index is 1210. The van der Waals surface area contributed by atoms with Crippen molar-refractivity contribution in [3.8, 4) is 16.9 Å². The molecule has 3 nitrogen and oxygen atoms in total. The van der Waals surface area contributed by atoms with Gasteiger partial charge in [0.1, 0.15) is 5.75 Å². The first kappa shape index (κ1) is 17.7. The number of hydrogen-bond donors (Lipinski definition) is 1. The lowest BCUT2D eigenvalue weighted by molar-refractivity contribution is 0.417. The summed E-state index contributed by atoms with van der Waals surface area (Å²) in [7, 11) is 1.63. The third-order valence-corrected chi connectivity index (χ3v) is 5.65. The topological polar surface area (TPSA) is 46.5 Å². The van der Waals surface area contributed by atoms with Crippen molar-refractivity contribution < 1.29 is 13.5 Å². The Labute approximate surface area is 160 Å². The van der Waals surface area contributed by atoms with E-state index in [2.05, 4.69) is 31.2 Å². The van der Waals surface area contributed by atoms with Crippen molar-refractivity contribution >= 4 is 32.6 Å². The monoisotopic (exact) mass is 376 g/mol. The second-order valence-electron chi connectivity index (χ2n) is 6.78. The maximum atomic E-state index is 12.2. The first-order chi connectivity index (χ1) is 13.0. The summed E-state index contributed by atoms with van der Waals surface area (Å²) < 4.78 is 27.8.